The Morgan fingerprint density at radius 2 is 2.07 bits per heavy atom. The number of nitrogens with two attached hydrogens (primary N) is 1. The highest BCUT2D eigenvalue weighted by molar-refractivity contribution is 5.99. The first kappa shape index (κ1) is 18.1. The van der Waals surface area contributed by atoms with Gasteiger partial charge in [0.05, 0.1) is 5.52 Å². The molecule has 1 amide bonds. The zero-order chi connectivity index (χ0) is 19.0. The van der Waals surface area contributed by atoms with E-state index in [0.717, 1.165) is 43.4 Å². The molecule has 0 unspecified atom stereocenters. The summed E-state index contributed by atoms with van der Waals surface area (Å²) in [5.41, 5.74) is 9.21. The van der Waals surface area contributed by atoms with Crippen molar-refractivity contribution in [3.05, 3.63) is 41.6 Å². The molecule has 4 rings (SSSR count). The van der Waals surface area contributed by atoms with Gasteiger partial charge in [0.15, 0.2) is 0 Å². The number of hydrogen-bond donors (Lipinski definition) is 1. The highest BCUT2D eigenvalue weighted by Crippen LogP contribution is 2.36. The lowest BCUT2D eigenvalue weighted by Crippen LogP contribution is -2.50. The van der Waals surface area contributed by atoms with Crippen LogP contribution in [-0.2, 0) is 4.79 Å². The number of hydrogen-bond acceptors (Lipinski definition) is 4. The molecule has 1 saturated carbocycles. The number of pyridine rings is 1. The van der Waals surface area contributed by atoms with Crippen molar-refractivity contribution in [2.24, 2.45) is 22.6 Å². The molecule has 2 aromatic rings. The van der Waals surface area contributed by atoms with Gasteiger partial charge in [-0.1, -0.05) is 25.1 Å². The number of fused-ring (bicyclic) bond motifs is 1. The molecule has 0 spiro atoms. The van der Waals surface area contributed by atoms with Crippen LogP contribution in [0.1, 0.15) is 43.2 Å². The number of piperidine rings is 1. The number of benzene rings is 1. The van der Waals surface area contributed by atoms with Gasteiger partial charge in [0.2, 0.25) is 5.91 Å². The number of likely N-dealkylation sites (tertiary alicyclic amines) is 1. The molecular formula is C22H28N4O. The van der Waals surface area contributed by atoms with Gasteiger partial charge in [-0.25, -0.2) is 0 Å². The van der Waals surface area contributed by atoms with Crippen molar-refractivity contribution in [2.45, 2.75) is 38.1 Å². The SMILES string of the molecule is C/N=C\c1ccc([C@H]2C[C@@H](C)CN(C(=O)C3CC(N)C3)C2)c2cccnc12. The van der Waals surface area contributed by atoms with Gasteiger partial charge >= 0.3 is 0 Å². The van der Waals surface area contributed by atoms with Crippen LogP contribution in [0.4, 0.5) is 0 Å². The van der Waals surface area contributed by atoms with E-state index in [9.17, 15) is 4.79 Å². The molecule has 1 aliphatic heterocycles. The van der Waals surface area contributed by atoms with Crippen LogP contribution in [0.25, 0.3) is 10.9 Å². The predicted octanol–water partition coefficient (Wildman–Crippen LogP) is 2.97. The van der Waals surface area contributed by atoms with Crippen LogP contribution in [0, 0.1) is 11.8 Å². The number of amides is 1. The van der Waals surface area contributed by atoms with Crippen LogP contribution in [-0.4, -0.2) is 48.2 Å². The minimum absolute atomic E-state index is 0.132. The largest absolute Gasteiger partial charge is 0.342 e. The minimum atomic E-state index is 0.132. The van der Waals surface area contributed by atoms with Crippen molar-refractivity contribution in [3.63, 3.8) is 0 Å². The smallest absolute Gasteiger partial charge is 0.225 e. The second-order valence-electron chi connectivity index (χ2n) is 8.24. The van der Waals surface area contributed by atoms with Gasteiger partial charge in [0.25, 0.3) is 0 Å². The standard InChI is InChI=1S/C22H28N4O/c1-14-8-17(13-26(12-14)22(27)16-9-18(23)10-16)19-6-5-15(11-24-2)21-20(19)4-3-7-25-21/h3-7,11,14,16-18H,8-10,12-13,23H2,1-2H3/b24-11-/t14-,16?,17+,18?/m1/s1. The maximum absolute atomic E-state index is 12.9. The monoisotopic (exact) mass is 364 g/mol. The summed E-state index contributed by atoms with van der Waals surface area (Å²) < 4.78 is 0. The number of carbonyl (C=O) groups is 1. The first-order chi connectivity index (χ1) is 13.1. The lowest BCUT2D eigenvalue weighted by atomic mass is 9.78. The lowest BCUT2D eigenvalue weighted by Gasteiger charge is -2.41. The summed E-state index contributed by atoms with van der Waals surface area (Å²) in [5.74, 6) is 1.26. The summed E-state index contributed by atoms with van der Waals surface area (Å²) in [4.78, 5) is 23.7. The fraction of sp³-hybridized carbons (Fsp3) is 0.500. The van der Waals surface area contributed by atoms with Crippen LogP contribution in [0.2, 0.25) is 0 Å². The van der Waals surface area contributed by atoms with Crippen LogP contribution in [0.5, 0.6) is 0 Å². The molecule has 2 atom stereocenters. The molecule has 0 radical (unpaired) electrons. The topological polar surface area (TPSA) is 71.6 Å². The van der Waals surface area contributed by atoms with Crippen molar-refractivity contribution < 1.29 is 4.79 Å². The Bertz CT molecular complexity index is 872. The first-order valence-electron chi connectivity index (χ1n) is 9.91. The molecule has 0 bridgehead atoms. The molecule has 1 aromatic carbocycles. The van der Waals surface area contributed by atoms with E-state index in [2.05, 4.69) is 40.0 Å². The lowest BCUT2D eigenvalue weighted by molar-refractivity contribution is -0.140. The van der Waals surface area contributed by atoms with Gasteiger partial charge in [-0.2, -0.15) is 0 Å². The number of aliphatic imine (C=N–C) groups is 1. The van der Waals surface area contributed by atoms with Crippen LogP contribution in [0.3, 0.4) is 0 Å². The molecule has 2 N–H and O–H groups in total. The van der Waals surface area contributed by atoms with E-state index in [-0.39, 0.29) is 12.0 Å². The van der Waals surface area contributed by atoms with Crippen molar-refractivity contribution in [1.29, 1.82) is 0 Å². The van der Waals surface area contributed by atoms with E-state index in [1.165, 1.54) is 10.9 Å². The van der Waals surface area contributed by atoms with Crippen LogP contribution < -0.4 is 5.73 Å². The number of rotatable bonds is 3. The number of nitrogens with zero attached hydrogens (tertiary/aromatic N) is 3. The highest BCUT2D eigenvalue weighted by atomic mass is 16.2. The zero-order valence-corrected chi connectivity index (χ0v) is 16.1. The van der Waals surface area contributed by atoms with E-state index in [1.807, 2.05) is 18.5 Å². The second kappa shape index (κ2) is 7.39. The van der Waals surface area contributed by atoms with Crippen LogP contribution >= 0.6 is 0 Å². The summed E-state index contributed by atoms with van der Waals surface area (Å²) in [6, 6.07) is 8.64. The Hall–Kier alpha value is -2.27. The van der Waals surface area contributed by atoms with Gasteiger partial charge in [-0.3, -0.25) is 14.8 Å². The average Bonchev–Trinajstić information content (AvgIpc) is 2.65. The summed E-state index contributed by atoms with van der Waals surface area (Å²) in [6.07, 6.45) is 6.47. The van der Waals surface area contributed by atoms with E-state index < -0.39 is 0 Å². The van der Waals surface area contributed by atoms with Gasteiger partial charge in [0.1, 0.15) is 0 Å². The van der Waals surface area contributed by atoms with Crippen molar-refractivity contribution in [1.82, 2.24) is 9.88 Å². The highest BCUT2D eigenvalue weighted by Gasteiger charge is 2.38. The Balaban J connectivity index is 1.64. The van der Waals surface area contributed by atoms with E-state index in [4.69, 9.17) is 5.73 Å². The Morgan fingerprint density at radius 3 is 2.81 bits per heavy atom. The molecule has 5 nitrogen and oxygen atoms in total. The molecular weight excluding hydrogens is 336 g/mol. The summed E-state index contributed by atoms with van der Waals surface area (Å²) in [5, 5.41) is 1.17. The van der Waals surface area contributed by atoms with E-state index >= 15 is 0 Å². The summed E-state index contributed by atoms with van der Waals surface area (Å²) >= 11 is 0. The molecule has 142 valence electrons. The molecule has 1 aromatic heterocycles. The zero-order valence-electron chi connectivity index (χ0n) is 16.1. The van der Waals surface area contributed by atoms with Crippen molar-refractivity contribution >= 4 is 23.0 Å². The molecule has 2 heterocycles. The fourth-order valence-electron chi connectivity index (χ4n) is 4.69. The van der Waals surface area contributed by atoms with E-state index in [1.54, 1.807) is 7.05 Å². The van der Waals surface area contributed by atoms with E-state index in [0.29, 0.717) is 17.7 Å². The quantitative estimate of drug-likeness (QED) is 0.851. The molecule has 27 heavy (non-hydrogen) atoms. The van der Waals surface area contributed by atoms with Gasteiger partial charge < -0.3 is 10.6 Å². The molecule has 1 aliphatic carbocycles. The Kier molecular flexibility index (Phi) is 4.96. The molecule has 5 heteroatoms. The third kappa shape index (κ3) is 3.48. The van der Waals surface area contributed by atoms with Crippen molar-refractivity contribution in [3.8, 4) is 0 Å². The second-order valence-corrected chi connectivity index (χ2v) is 8.24. The number of aromatic nitrogens is 1. The molecule has 1 saturated heterocycles. The maximum atomic E-state index is 12.9. The minimum Gasteiger partial charge on any atom is -0.342 e. The van der Waals surface area contributed by atoms with Crippen LogP contribution in [0.15, 0.2) is 35.5 Å². The molecule has 2 aliphatic rings. The maximum Gasteiger partial charge on any atom is 0.225 e. The Labute approximate surface area is 160 Å². The summed E-state index contributed by atoms with van der Waals surface area (Å²) in [6.45, 7) is 3.90. The first-order valence-corrected chi connectivity index (χ1v) is 9.91. The average molecular weight is 364 g/mol. The summed E-state index contributed by atoms with van der Waals surface area (Å²) in [7, 11) is 1.78. The third-order valence-corrected chi connectivity index (χ3v) is 6.04. The number of carbonyl (C=O) groups excluding carboxylic acids is 1. The Morgan fingerprint density at radius 1 is 1.26 bits per heavy atom. The van der Waals surface area contributed by atoms with Crippen molar-refractivity contribution in [2.75, 3.05) is 20.1 Å². The van der Waals surface area contributed by atoms with Gasteiger partial charge in [-0.15, -0.1) is 0 Å². The fourth-order valence-corrected chi connectivity index (χ4v) is 4.69. The molecule has 2 fully saturated rings. The normalized spacial score (nSPS) is 28.5. The predicted molar refractivity (Wildman–Crippen MR) is 109 cm³/mol. The van der Waals surface area contributed by atoms with Gasteiger partial charge in [-0.05, 0) is 36.8 Å². The third-order valence-electron chi connectivity index (χ3n) is 6.04. The van der Waals surface area contributed by atoms with Gasteiger partial charge in [0, 0.05) is 61.4 Å².